The summed E-state index contributed by atoms with van der Waals surface area (Å²) in [6.45, 7) is 7.12. The van der Waals surface area contributed by atoms with Crippen molar-refractivity contribution in [2.45, 2.75) is 26.7 Å². The van der Waals surface area contributed by atoms with Crippen molar-refractivity contribution in [2.24, 2.45) is 23.2 Å². The molecule has 0 aliphatic carbocycles. The number of hydrogen-bond donors (Lipinski definition) is 1. The predicted molar refractivity (Wildman–Crippen MR) is 125 cm³/mol. The normalized spacial score (nSPS) is 12.7. The van der Waals surface area contributed by atoms with E-state index in [4.69, 9.17) is 5.41 Å². The molecule has 0 bridgehead atoms. The molecule has 31 heavy (non-hydrogen) atoms. The van der Waals surface area contributed by atoms with Crippen LogP contribution in [-0.4, -0.2) is 38.8 Å². The number of benzene rings is 1. The molecule has 2 rings (SSSR count). The highest BCUT2D eigenvalue weighted by molar-refractivity contribution is 9.10. The lowest BCUT2D eigenvalue weighted by Gasteiger charge is -2.10. The monoisotopic (exact) mass is 486 g/mol. The molecule has 1 heterocycles. The number of hydrogen-bond acceptors (Lipinski definition) is 7. The summed E-state index contributed by atoms with van der Waals surface area (Å²) >= 11 is 3.30. The van der Waals surface area contributed by atoms with Crippen molar-refractivity contribution in [1.29, 1.82) is 5.41 Å². The Hall–Kier alpha value is -3.27. The maximum atomic E-state index is 12.9. The molecule has 1 unspecified atom stereocenters. The van der Waals surface area contributed by atoms with Gasteiger partial charge >= 0.3 is 5.69 Å². The zero-order valence-electron chi connectivity index (χ0n) is 17.5. The minimum atomic E-state index is -0.871. The molecular formula is C21H23BrN6O3. The third-order valence-electron chi connectivity index (χ3n) is 4.46. The topological polar surface area (TPSA) is 123 Å². The Morgan fingerprint density at radius 1 is 1.32 bits per heavy atom. The Morgan fingerprint density at radius 3 is 2.55 bits per heavy atom. The maximum Gasteiger partial charge on any atom is 0.351 e. The second kappa shape index (κ2) is 10.7. The highest BCUT2D eigenvalue weighted by Crippen LogP contribution is 2.14. The van der Waals surface area contributed by atoms with Gasteiger partial charge in [0.25, 0.3) is 5.56 Å². The van der Waals surface area contributed by atoms with Gasteiger partial charge in [-0.25, -0.2) is 14.0 Å². The zero-order valence-corrected chi connectivity index (χ0v) is 19.1. The van der Waals surface area contributed by atoms with Crippen molar-refractivity contribution in [1.82, 2.24) is 14.3 Å². The second-order valence-corrected chi connectivity index (χ2v) is 7.77. The van der Waals surface area contributed by atoms with Crippen LogP contribution in [0.3, 0.4) is 0 Å². The average Bonchev–Trinajstić information content (AvgIpc) is 2.75. The first-order chi connectivity index (χ1) is 14.7. The van der Waals surface area contributed by atoms with Gasteiger partial charge in [0.2, 0.25) is 5.78 Å². The smallest absolute Gasteiger partial charge is 0.297 e. The minimum Gasteiger partial charge on any atom is -0.297 e. The molecule has 0 radical (unpaired) electrons. The van der Waals surface area contributed by atoms with Gasteiger partial charge < -0.3 is 0 Å². The number of Topliss-reactive ketones (excluding diaryl/α,β-unsaturated/α-hetero) is 1. The van der Waals surface area contributed by atoms with E-state index in [1.807, 2.05) is 13.8 Å². The van der Waals surface area contributed by atoms with Gasteiger partial charge in [-0.15, -0.1) is 0 Å². The van der Waals surface area contributed by atoms with Crippen LogP contribution in [0.25, 0.3) is 5.69 Å². The molecule has 0 saturated heterocycles. The van der Waals surface area contributed by atoms with Crippen LogP contribution in [0.15, 0.2) is 60.2 Å². The van der Waals surface area contributed by atoms with Gasteiger partial charge in [-0.3, -0.25) is 15.0 Å². The number of allylic oxidation sites excluding steroid dienone is 2. The summed E-state index contributed by atoms with van der Waals surface area (Å²) < 4.78 is 2.55. The van der Waals surface area contributed by atoms with E-state index in [1.54, 1.807) is 30.5 Å². The van der Waals surface area contributed by atoms with Crippen LogP contribution in [0, 0.1) is 11.3 Å². The summed E-state index contributed by atoms with van der Waals surface area (Å²) in [7, 11) is 1.35. The Labute approximate surface area is 187 Å². The van der Waals surface area contributed by atoms with Crippen LogP contribution in [0.1, 0.15) is 37.2 Å². The highest BCUT2D eigenvalue weighted by atomic mass is 79.9. The lowest BCUT2D eigenvalue weighted by Crippen LogP contribution is -2.43. The quantitative estimate of drug-likeness (QED) is 0.332. The van der Waals surface area contributed by atoms with Crippen molar-refractivity contribution in [3.8, 4) is 5.69 Å². The third kappa shape index (κ3) is 5.88. The number of nitrogens with zero attached hydrogens (tertiary/aromatic N) is 5. The largest absolute Gasteiger partial charge is 0.351 e. The van der Waals surface area contributed by atoms with Gasteiger partial charge in [0.15, 0.2) is 5.69 Å². The Bertz CT molecular complexity index is 1180. The van der Waals surface area contributed by atoms with Crippen LogP contribution in [0.5, 0.6) is 0 Å². The summed E-state index contributed by atoms with van der Waals surface area (Å²) in [6.07, 6.45) is 4.24. The SMILES string of the molecule is C=N/N=C\C(C)C/C(=C/C(=N)C(=O)c1nn(C)c(=O)n(-c2ccc(Br)cc2)c1=O)CC. The molecule has 0 amide bonds. The Morgan fingerprint density at radius 2 is 1.97 bits per heavy atom. The molecule has 0 spiro atoms. The van der Waals surface area contributed by atoms with Crippen molar-refractivity contribution >= 4 is 40.4 Å². The minimum absolute atomic E-state index is 0.0323. The fourth-order valence-corrected chi connectivity index (χ4v) is 3.13. The van der Waals surface area contributed by atoms with Gasteiger partial charge in [0, 0.05) is 24.5 Å². The fourth-order valence-electron chi connectivity index (χ4n) is 2.86. The van der Waals surface area contributed by atoms with Crippen LogP contribution >= 0.6 is 15.9 Å². The fraction of sp³-hybridized carbons (Fsp3) is 0.286. The van der Waals surface area contributed by atoms with Crippen LogP contribution in [-0.2, 0) is 7.05 Å². The number of carbonyl (C=O) groups excluding carboxylic acids is 1. The summed E-state index contributed by atoms with van der Waals surface area (Å²) in [5, 5.41) is 19.2. The molecular weight excluding hydrogens is 464 g/mol. The summed E-state index contributed by atoms with van der Waals surface area (Å²) in [4.78, 5) is 38.3. The molecule has 0 fully saturated rings. The predicted octanol–water partition coefficient (Wildman–Crippen LogP) is 2.95. The number of aryl methyl sites for hydroxylation is 1. The van der Waals surface area contributed by atoms with E-state index in [9.17, 15) is 14.4 Å². The first-order valence-electron chi connectivity index (χ1n) is 9.47. The molecule has 0 aliphatic rings. The van der Waals surface area contributed by atoms with Crippen molar-refractivity contribution < 1.29 is 4.79 Å². The van der Waals surface area contributed by atoms with Gasteiger partial charge in [-0.1, -0.05) is 35.4 Å². The summed E-state index contributed by atoms with van der Waals surface area (Å²) in [5.41, 5.74) is -1.31. The standard InChI is InChI=1S/C21H23BrN6O3/c1-5-14(10-13(2)12-25-24-3)11-17(23)19(29)18-20(30)28(21(31)27(4)26-18)16-8-6-15(22)7-9-16/h6-9,11-13,23H,3,5,10H2,1-2,4H3/b14-11+,23-17?,25-12-. The van der Waals surface area contributed by atoms with Crippen molar-refractivity contribution in [3.05, 3.63) is 66.9 Å². The van der Waals surface area contributed by atoms with Gasteiger partial charge in [-0.2, -0.15) is 15.3 Å². The molecule has 1 aromatic heterocycles. The zero-order chi connectivity index (χ0) is 23.1. The molecule has 0 saturated carbocycles. The maximum absolute atomic E-state index is 12.9. The van der Waals surface area contributed by atoms with Crippen LogP contribution in [0.4, 0.5) is 0 Å². The summed E-state index contributed by atoms with van der Waals surface area (Å²) in [5.74, 6) is -0.823. The molecule has 1 N–H and O–H groups in total. The summed E-state index contributed by atoms with van der Waals surface area (Å²) in [6, 6.07) is 6.49. The lowest BCUT2D eigenvalue weighted by atomic mass is 9.98. The van der Waals surface area contributed by atoms with E-state index >= 15 is 0 Å². The van der Waals surface area contributed by atoms with Gasteiger partial charge in [0.05, 0.1) is 5.69 Å². The van der Waals surface area contributed by atoms with Crippen LogP contribution < -0.4 is 11.2 Å². The molecule has 162 valence electrons. The molecule has 0 aliphatic heterocycles. The molecule has 10 heteroatoms. The number of carbonyl (C=O) groups is 1. The highest BCUT2D eigenvalue weighted by Gasteiger charge is 2.22. The lowest BCUT2D eigenvalue weighted by molar-refractivity contribution is 0.105. The van der Waals surface area contributed by atoms with E-state index in [-0.39, 0.29) is 11.6 Å². The van der Waals surface area contributed by atoms with Crippen LogP contribution in [0.2, 0.25) is 0 Å². The van der Waals surface area contributed by atoms with Crippen molar-refractivity contribution in [2.75, 3.05) is 0 Å². The molecule has 1 aromatic carbocycles. The molecule has 2 aromatic rings. The van der Waals surface area contributed by atoms with E-state index in [1.165, 1.54) is 13.1 Å². The average molecular weight is 487 g/mol. The molecule has 9 nitrogen and oxygen atoms in total. The molecule has 1 atom stereocenters. The van der Waals surface area contributed by atoms with Gasteiger partial charge in [-0.05, 0) is 49.1 Å². The number of aromatic nitrogens is 3. The van der Waals surface area contributed by atoms with E-state index in [2.05, 4.69) is 37.9 Å². The second-order valence-electron chi connectivity index (χ2n) is 6.86. The number of ketones is 1. The first kappa shape index (κ1) is 24.0. The third-order valence-corrected chi connectivity index (χ3v) is 4.99. The number of nitrogens with one attached hydrogen (secondary N) is 1. The van der Waals surface area contributed by atoms with E-state index in [0.717, 1.165) is 19.3 Å². The Balaban J connectivity index is 2.45. The van der Waals surface area contributed by atoms with E-state index < -0.39 is 22.7 Å². The van der Waals surface area contributed by atoms with Gasteiger partial charge in [0.1, 0.15) is 5.71 Å². The first-order valence-corrected chi connectivity index (χ1v) is 10.3. The van der Waals surface area contributed by atoms with Crippen molar-refractivity contribution in [3.63, 3.8) is 0 Å². The number of rotatable bonds is 9. The van der Waals surface area contributed by atoms with E-state index in [0.29, 0.717) is 18.5 Å². The Kier molecular flexibility index (Phi) is 8.26. The number of halogens is 1.